The molecule has 3 aromatic carbocycles. The van der Waals surface area contributed by atoms with Crippen LogP contribution < -0.4 is 4.74 Å². The van der Waals surface area contributed by atoms with Crippen molar-refractivity contribution in [2.45, 2.75) is 12.7 Å². The smallest absolute Gasteiger partial charge is 0.336 e. The summed E-state index contributed by atoms with van der Waals surface area (Å²) in [6.07, 6.45) is 0. The Morgan fingerprint density at radius 3 is 2.26 bits per heavy atom. The lowest BCUT2D eigenvalue weighted by molar-refractivity contribution is 0.0695. The Balaban J connectivity index is 2.25. The lowest BCUT2D eigenvalue weighted by atomic mass is 9.92. The van der Waals surface area contributed by atoms with Crippen molar-refractivity contribution in [3.05, 3.63) is 81.9 Å². The van der Waals surface area contributed by atoms with Crippen molar-refractivity contribution in [1.82, 2.24) is 0 Å². The van der Waals surface area contributed by atoms with Gasteiger partial charge >= 0.3 is 11.9 Å². The van der Waals surface area contributed by atoms with Gasteiger partial charge in [-0.1, -0.05) is 40.9 Å². The lowest BCUT2D eigenvalue weighted by Crippen LogP contribution is -2.07. The van der Waals surface area contributed by atoms with Gasteiger partial charge in [0.15, 0.2) is 0 Å². The normalized spacial score (nSPS) is 11.7. The van der Waals surface area contributed by atoms with Gasteiger partial charge in [0.1, 0.15) is 11.5 Å². The van der Waals surface area contributed by atoms with Crippen molar-refractivity contribution in [2.24, 2.45) is 0 Å². The highest BCUT2D eigenvalue weighted by molar-refractivity contribution is 7.78. The predicted molar refractivity (Wildman–Crippen MR) is 115 cm³/mol. The molecule has 3 rings (SSSR count). The first-order valence-corrected chi connectivity index (χ1v) is 10.5. The van der Waals surface area contributed by atoms with Crippen molar-refractivity contribution >= 4 is 34.6 Å². The van der Waals surface area contributed by atoms with Gasteiger partial charge in [0.05, 0.1) is 16.1 Å². The van der Waals surface area contributed by atoms with Crippen LogP contribution in [0, 0.1) is 6.92 Å². The molecule has 0 saturated carbocycles. The third-order valence-corrected chi connectivity index (χ3v) is 5.38. The number of aromatic carboxylic acids is 2. The minimum atomic E-state index is -2.36. The van der Waals surface area contributed by atoms with E-state index >= 15 is 0 Å². The summed E-state index contributed by atoms with van der Waals surface area (Å²) in [5.74, 6) is -2.32. The first-order valence-electron chi connectivity index (χ1n) is 8.90. The average Bonchev–Trinajstić information content (AvgIpc) is 2.69. The molecule has 0 saturated heterocycles. The number of carbonyl (C=O) groups is 2. The van der Waals surface area contributed by atoms with Crippen LogP contribution in [0.1, 0.15) is 31.8 Å². The van der Waals surface area contributed by atoms with E-state index in [0.717, 1.165) is 6.07 Å². The minimum absolute atomic E-state index is 0.147. The molecular weight excluding hydrogens is 444 g/mol. The highest BCUT2D eigenvalue weighted by atomic mass is 35.5. The summed E-state index contributed by atoms with van der Waals surface area (Å²) in [6, 6.07) is 13.8. The Morgan fingerprint density at radius 2 is 1.65 bits per heavy atom. The van der Waals surface area contributed by atoms with E-state index in [0.29, 0.717) is 27.5 Å². The molecule has 0 heterocycles. The van der Waals surface area contributed by atoms with E-state index in [2.05, 4.69) is 0 Å². The molecule has 31 heavy (non-hydrogen) atoms. The van der Waals surface area contributed by atoms with Gasteiger partial charge < -0.3 is 19.5 Å². The topological polar surface area (TPSA) is 124 Å². The number of rotatable bonds is 7. The number of carboxylic acid groups (broad SMARTS) is 2. The summed E-state index contributed by atoms with van der Waals surface area (Å²) in [7, 11) is 0. The first kappa shape index (κ1) is 22.5. The Kier molecular flexibility index (Phi) is 6.74. The molecule has 0 radical (unpaired) electrons. The van der Waals surface area contributed by atoms with Gasteiger partial charge in [-0.05, 0) is 54.4 Å². The molecule has 0 bridgehead atoms. The molecule has 1 unspecified atom stereocenters. The summed E-state index contributed by atoms with van der Waals surface area (Å²) >= 11 is 3.81. The van der Waals surface area contributed by atoms with Crippen LogP contribution in [0.4, 0.5) is 0 Å². The predicted octanol–water partition coefficient (Wildman–Crippen LogP) is 4.88. The number of carboxylic acids is 2. The van der Waals surface area contributed by atoms with Crippen LogP contribution in [0.3, 0.4) is 0 Å². The maximum atomic E-state index is 11.9. The van der Waals surface area contributed by atoms with E-state index < -0.39 is 23.0 Å². The molecule has 7 nitrogen and oxygen atoms in total. The van der Waals surface area contributed by atoms with E-state index in [-0.39, 0.29) is 28.2 Å². The highest BCUT2D eigenvalue weighted by Crippen LogP contribution is 2.39. The monoisotopic (exact) mass is 459 g/mol. The SMILES string of the molecule is Cc1cc(-c2cc(CS(=O)[O-])ccc2Oc2ccccc2Cl)c(C(=O)O)cc1C(=O)O. The largest absolute Gasteiger partial charge is 0.772 e. The zero-order valence-corrected chi connectivity index (χ0v) is 17.7. The summed E-state index contributed by atoms with van der Waals surface area (Å²) < 4.78 is 28.3. The van der Waals surface area contributed by atoms with Gasteiger partial charge in [0, 0.05) is 16.9 Å². The average molecular weight is 460 g/mol. The quantitative estimate of drug-likeness (QED) is 0.482. The van der Waals surface area contributed by atoms with Crippen LogP contribution in [-0.4, -0.2) is 30.9 Å². The van der Waals surface area contributed by atoms with Crippen LogP contribution in [0.25, 0.3) is 11.1 Å². The number of halogens is 1. The fraction of sp³-hybridized carbons (Fsp3) is 0.0909. The molecule has 3 aromatic rings. The van der Waals surface area contributed by atoms with Crippen LogP contribution in [0.15, 0.2) is 54.6 Å². The Morgan fingerprint density at radius 1 is 0.968 bits per heavy atom. The molecule has 2 N–H and O–H groups in total. The van der Waals surface area contributed by atoms with Crippen LogP contribution in [-0.2, 0) is 16.8 Å². The molecule has 0 aliphatic carbocycles. The Hall–Kier alpha value is -3.20. The standard InChI is InChI=1S/C22H17ClO7S/c1-12-8-15(17(22(26)27)10-14(12)21(24)25)16-9-13(11-31(28)29)6-7-19(16)30-20-5-3-2-4-18(20)23/h2-10H,11H2,1H3,(H,24,25)(H,26,27)(H,28,29)/p-1. The van der Waals surface area contributed by atoms with Crippen LogP contribution >= 0.6 is 11.6 Å². The van der Waals surface area contributed by atoms with Crippen molar-refractivity contribution < 1.29 is 33.3 Å². The van der Waals surface area contributed by atoms with Gasteiger partial charge in [-0.15, -0.1) is 0 Å². The van der Waals surface area contributed by atoms with Gasteiger partial charge in [0.2, 0.25) is 0 Å². The number of hydrogen-bond acceptors (Lipinski definition) is 5. The van der Waals surface area contributed by atoms with E-state index in [9.17, 15) is 28.6 Å². The second-order valence-electron chi connectivity index (χ2n) is 6.63. The van der Waals surface area contributed by atoms with Crippen LogP contribution in [0.5, 0.6) is 11.5 Å². The highest BCUT2D eigenvalue weighted by Gasteiger charge is 2.21. The van der Waals surface area contributed by atoms with E-state index in [1.165, 1.54) is 18.2 Å². The second kappa shape index (κ2) is 9.30. The number of para-hydroxylation sites is 1. The van der Waals surface area contributed by atoms with Crippen LogP contribution in [0.2, 0.25) is 5.02 Å². The van der Waals surface area contributed by atoms with Gasteiger partial charge in [-0.3, -0.25) is 4.21 Å². The van der Waals surface area contributed by atoms with Crippen molar-refractivity contribution in [3.63, 3.8) is 0 Å². The summed E-state index contributed by atoms with van der Waals surface area (Å²) in [4.78, 5) is 23.4. The minimum Gasteiger partial charge on any atom is -0.772 e. The van der Waals surface area contributed by atoms with Gasteiger partial charge in [-0.25, -0.2) is 9.59 Å². The number of benzene rings is 3. The molecule has 160 valence electrons. The summed E-state index contributed by atoms with van der Waals surface area (Å²) in [5.41, 5.74) is 0.829. The second-order valence-corrected chi connectivity index (χ2v) is 7.94. The third kappa shape index (κ3) is 5.11. The van der Waals surface area contributed by atoms with Crippen molar-refractivity contribution in [3.8, 4) is 22.6 Å². The van der Waals surface area contributed by atoms with Gasteiger partial charge in [-0.2, -0.15) is 0 Å². The zero-order valence-electron chi connectivity index (χ0n) is 16.1. The number of ether oxygens (including phenoxy) is 1. The molecule has 0 aliphatic heterocycles. The molecule has 0 fully saturated rings. The van der Waals surface area contributed by atoms with Crippen molar-refractivity contribution in [2.75, 3.05) is 0 Å². The Labute approximate surface area is 185 Å². The molecule has 0 aromatic heterocycles. The first-order chi connectivity index (χ1) is 14.7. The molecule has 0 aliphatic rings. The maximum absolute atomic E-state index is 11.9. The third-order valence-electron chi connectivity index (χ3n) is 4.50. The van der Waals surface area contributed by atoms with E-state index in [4.69, 9.17) is 16.3 Å². The fourth-order valence-corrected chi connectivity index (χ4v) is 3.71. The summed E-state index contributed by atoms with van der Waals surface area (Å²) in [5, 5.41) is 19.4. The lowest BCUT2D eigenvalue weighted by Gasteiger charge is -2.17. The van der Waals surface area contributed by atoms with E-state index in [1.807, 2.05) is 0 Å². The number of aryl methyl sites for hydroxylation is 1. The Bertz CT molecular complexity index is 1210. The molecular formula is C22H16ClO7S-. The summed E-state index contributed by atoms with van der Waals surface area (Å²) in [6.45, 7) is 1.55. The van der Waals surface area contributed by atoms with E-state index in [1.54, 1.807) is 37.3 Å². The van der Waals surface area contributed by atoms with Gasteiger partial charge in [0.25, 0.3) is 0 Å². The fourth-order valence-electron chi connectivity index (χ4n) is 3.09. The zero-order chi connectivity index (χ0) is 22.7. The number of hydrogen-bond donors (Lipinski definition) is 2. The molecule has 9 heteroatoms. The van der Waals surface area contributed by atoms with Crippen molar-refractivity contribution in [1.29, 1.82) is 0 Å². The molecule has 1 atom stereocenters. The molecule has 0 amide bonds. The molecule has 0 spiro atoms. The maximum Gasteiger partial charge on any atom is 0.336 e.